The zero-order chi connectivity index (χ0) is 41.9. The number of hydrogen-bond acceptors (Lipinski definition) is 3. The number of fused-ring (bicyclic) bond motifs is 17. The number of rotatable bonds is 4. The highest BCUT2D eigenvalue weighted by Crippen LogP contribution is 2.64. The van der Waals surface area contributed by atoms with E-state index >= 15 is 0 Å². The Kier molecular flexibility index (Phi) is 7.21. The highest BCUT2D eigenvalue weighted by Gasteiger charge is 2.52. The molecule has 0 unspecified atom stereocenters. The smallest absolute Gasteiger partial charge is 0.159 e. The highest BCUT2D eigenvalue weighted by atomic mass is 15.0. The van der Waals surface area contributed by atoms with E-state index in [-0.39, 0.29) is 0 Å². The molecule has 12 aromatic rings. The fourth-order valence-corrected chi connectivity index (χ4v) is 11.1. The molecule has 9 aromatic carbocycles. The van der Waals surface area contributed by atoms with Gasteiger partial charge < -0.3 is 4.57 Å². The molecule has 0 N–H and O–H groups in total. The van der Waals surface area contributed by atoms with Crippen LogP contribution in [0.3, 0.4) is 0 Å². The van der Waals surface area contributed by atoms with Gasteiger partial charge in [-0.1, -0.05) is 146 Å². The Labute approximate surface area is 369 Å². The summed E-state index contributed by atoms with van der Waals surface area (Å²) in [5.74, 6) is 0.685. The van der Waals surface area contributed by atoms with Crippen LogP contribution in [-0.2, 0) is 5.41 Å². The van der Waals surface area contributed by atoms with Gasteiger partial charge in [0.05, 0.1) is 27.7 Å². The number of hydrogen-bond donors (Lipinski definition) is 0. The van der Waals surface area contributed by atoms with Crippen molar-refractivity contribution in [2.75, 3.05) is 0 Å². The first-order valence-electron chi connectivity index (χ1n) is 21.8. The molecule has 294 valence electrons. The molecule has 2 aliphatic rings. The van der Waals surface area contributed by atoms with Crippen molar-refractivity contribution in [3.05, 3.63) is 241 Å². The van der Waals surface area contributed by atoms with Gasteiger partial charge in [-0.25, -0.2) is 15.0 Å². The fourth-order valence-electron chi connectivity index (χ4n) is 11.1. The van der Waals surface area contributed by atoms with Gasteiger partial charge >= 0.3 is 0 Å². The van der Waals surface area contributed by atoms with Crippen LogP contribution in [-0.4, -0.2) is 19.5 Å². The lowest BCUT2D eigenvalue weighted by atomic mass is 9.70. The van der Waals surface area contributed by atoms with Crippen molar-refractivity contribution in [2.45, 2.75) is 5.41 Å². The third kappa shape index (κ3) is 4.70. The van der Waals surface area contributed by atoms with Crippen LogP contribution in [0.2, 0.25) is 0 Å². The summed E-state index contributed by atoms with van der Waals surface area (Å²) in [7, 11) is 0. The zero-order valence-corrected chi connectivity index (χ0v) is 34.4. The molecule has 3 aromatic heterocycles. The van der Waals surface area contributed by atoms with E-state index in [0.29, 0.717) is 5.82 Å². The second-order valence-electron chi connectivity index (χ2n) is 16.9. The second-order valence-corrected chi connectivity index (χ2v) is 16.9. The molecule has 64 heavy (non-hydrogen) atoms. The maximum absolute atomic E-state index is 5.42. The average molecular weight is 811 g/mol. The molecule has 3 heterocycles. The molecular formula is C60H34N4. The summed E-state index contributed by atoms with van der Waals surface area (Å²) in [5.41, 5.74) is 19.1. The molecule has 2 aliphatic carbocycles. The predicted octanol–water partition coefficient (Wildman–Crippen LogP) is 14.2. The molecule has 4 heteroatoms. The summed E-state index contributed by atoms with van der Waals surface area (Å²) in [6, 6.07) is 76.5. The first-order chi connectivity index (χ1) is 31.8. The Bertz CT molecular complexity index is 3800. The lowest BCUT2D eigenvalue weighted by Crippen LogP contribution is -2.25. The van der Waals surface area contributed by atoms with Gasteiger partial charge in [0.1, 0.15) is 0 Å². The molecule has 0 saturated carbocycles. The minimum atomic E-state index is -0.470. The fraction of sp³-hybridized carbons (Fsp3) is 0.0167. The minimum absolute atomic E-state index is 0.470. The lowest BCUT2D eigenvalue weighted by Gasteiger charge is -2.30. The summed E-state index contributed by atoms with van der Waals surface area (Å²) in [6.07, 6.45) is 3.87. The largest absolute Gasteiger partial charge is 0.309 e. The van der Waals surface area contributed by atoms with Crippen LogP contribution < -0.4 is 0 Å². The van der Waals surface area contributed by atoms with Gasteiger partial charge in [0, 0.05) is 61.7 Å². The number of para-hydroxylation sites is 3. The Hall–Kier alpha value is -8.65. The summed E-state index contributed by atoms with van der Waals surface area (Å²) < 4.78 is 2.33. The van der Waals surface area contributed by atoms with Crippen LogP contribution in [0.4, 0.5) is 0 Å². The molecular weight excluding hydrogens is 777 g/mol. The van der Waals surface area contributed by atoms with Gasteiger partial charge in [-0.15, -0.1) is 0 Å². The van der Waals surface area contributed by atoms with Crippen LogP contribution in [0.1, 0.15) is 22.3 Å². The monoisotopic (exact) mass is 810 g/mol. The Balaban J connectivity index is 0.877. The first kappa shape index (κ1) is 35.0. The van der Waals surface area contributed by atoms with E-state index in [1.165, 1.54) is 71.7 Å². The van der Waals surface area contributed by atoms with Crippen molar-refractivity contribution in [1.82, 2.24) is 19.5 Å². The molecule has 0 amide bonds. The van der Waals surface area contributed by atoms with E-state index in [1.807, 2.05) is 12.4 Å². The summed E-state index contributed by atoms with van der Waals surface area (Å²) in [4.78, 5) is 15.2. The maximum Gasteiger partial charge on any atom is 0.159 e. The van der Waals surface area contributed by atoms with E-state index in [2.05, 4.69) is 211 Å². The molecule has 0 aliphatic heterocycles. The summed E-state index contributed by atoms with van der Waals surface area (Å²) in [5, 5.41) is 5.95. The molecule has 1 spiro atoms. The molecule has 0 fully saturated rings. The van der Waals surface area contributed by atoms with Crippen LogP contribution in [0.15, 0.2) is 207 Å². The summed E-state index contributed by atoms with van der Waals surface area (Å²) in [6.45, 7) is 0. The Morgan fingerprint density at radius 3 is 1.78 bits per heavy atom. The third-order valence-electron chi connectivity index (χ3n) is 13.8. The van der Waals surface area contributed by atoms with E-state index in [1.54, 1.807) is 0 Å². The standard InChI is InChI=1S/C60H34N4/c1-7-22-49-42(16-1)43-17-2-8-23-50(43)60(49)51-24-9-3-20-46(51)57-52(60)33-32-48-56(57)47-21-4-10-25-53(47)63-58(48)39-15-13-14-38(34-39)40-35-61-59(62-36-40)37-28-30-41(31-29-37)64-54-26-11-5-18-44(54)45-19-6-12-27-55(45)64/h1-2,4-8,10-36H. The number of aromatic nitrogens is 4. The van der Waals surface area contributed by atoms with Crippen LogP contribution >= 0.6 is 0 Å². The van der Waals surface area contributed by atoms with Crippen molar-refractivity contribution >= 4 is 43.5 Å². The van der Waals surface area contributed by atoms with Gasteiger partial charge in [-0.2, -0.15) is 0 Å². The van der Waals surface area contributed by atoms with Crippen molar-refractivity contribution in [3.63, 3.8) is 0 Å². The van der Waals surface area contributed by atoms with Crippen molar-refractivity contribution in [1.29, 1.82) is 0 Å². The van der Waals surface area contributed by atoms with Crippen molar-refractivity contribution in [3.8, 4) is 61.7 Å². The van der Waals surface area contributed by atoms with Gasteiger partial charge in [-0.05, 0) is 111 Å². The van der Waals surface area contributed by atoms with Crippen LogP contribution in [0.5, 0.6) is 0 Å². The quantitative estimate of drug-likeness (QED) is 0.166. The van der Waals surface area contributed by atoms with E-state index in [4.69, 9.17) is 15.0 Å². The molecule has 4 nitrogen and oxygen atoms in total. The maximum atomic E-state index is 5.42. The van der Waals surface area contributed by atoms with Gasteiger partial charge in [0.2, 0.25) is 0 Å². The lowest BCUT2D eigenvalue weighted by molar-refractivity contribution is 0.794. The second kappa shape index (κ2) is 13.2. The Morgan fingerprint density at radius 2 is 1.05 bits per heavy atom. The number of benzene rings is 8. The van der Waals surface area contributed by atoms with E-state index in [9.17, 15) is 0 Å². The van der Waals surface area contributed by atoms with E-state index < -0.39 is 5.41 Å². The van der Waals surface area contributed by atoms with E-state index in [0.717, 1.165) is 49.9 Å². The topological polar surface area (TPSA) is 43.6 Å². The zero-order valence-electron chi connectivity index (χ0n) is 34.4. The number of nitrogens with zero attached hydrogens (tertiary/aromatic N) is 4. The van der Waals surface area contributed by atoms with Crippen molar-refractivity contribution in [2.24, 2.45) is 0 Å². The SMILES string of the molecule is c1cc2c(cc#1)C1(c3ccccc3-c3ccccc31)c1ccc3c(-c4cccc(-c5cnc(-c6ccc(-n7c8ccccc8c8ccccc87)cc6)nc5)c4)nc4ccccc4c3c1-2. The normalized spacial score (nSPS) is 13.0. The van der Waals surface area contributed by atoms with Crippen molar-refractivity contribution < 1.29 is 0 Å². The molecule has 0 atom stereocenters. The van der Waals surface area contributed by atoms with Crippen LogP contribution in [0.25, 0.3) is 105 Å². The minimum Gasteiger partial charge on any atom is -0.309 e. The predicted molar refractivity (Wildman–Crippen MR) is 259 cm³/mol. The first-order valence-corrected chi connectivity index (χ1v) is 21.8. The summed E-state index contributed by atoms with van der Waals surface area (Å²) >= 11 is 0. The molecule has 0 bridgehead atoms. The third-order valence-corrected chi connectivity index (χ3v) is 13.8. The Morgan fingerprint density at radius 1 is 0.422 bits per heavy atom. The van der Waals surface area contributed by atoms with Gasteiger partial charge in [0.25, 0.3) is 0 Å². The average Bonchev–Trinajstić information content (AvgIpc) is 3.98. The van der Waals surface area contributed by atoms with Crippen LogP contribution in [0, 0.1) is 12.1 Å². The van der Waals surface area contributed by atoms with Gasteiger partial charge in [0.15, 0.2) is 5.82 Å². The molecule has 14 rings (SSSR count). The molecule has 0 saturated heterocycles. The van der Waals surface area contributed by atoms with Gasteiger partial charge in [-0.3, -0.25) is 0 Å². The number of pyridine rings is 1. The highest BCUT2D eigenvalue weighted by molar-refractivity contribution is 6.20. The molecule has 0 radical (unpaired) electrons.